The lowest BCUT2D eigenvalue weighted by Crippen LogP contribution is -2.33. The van der Waals surface area contributed by atoms with Gasteiger partial charge in [-0.05, 0) is 38.1 Å². The van der Waals surface area contributed by atoms with Gasteiger partial charge in [-0.2, -0.15) is 15.1 Å². The number of ether oxygens (including phenoxy) is 1. The van der Waals surface area contributed by atoms with Gasteiger partial charge >= 0.3 is 0 Å². The summed E-state index contributed by atoms with van der Waals surface area (Å²) in [5.74, 6) is 2.13. The number of aryl methyl sites for hydroxylation is 1. The van der Waals surface area contributed by atoms with Gasteiger partial charge in [0.2, 0.25) is 5.95 Å². The monoisotopic (exact) mass is 381 g/mol. The van der Waals surface area contributed by atoms with Gasteiger partial charge in [0.15, 0.2) is 5.65 Å². The minimum absolute atomic E-state index is 0.610. The largest absolute Gasteiger partial charge is 0.497 e. The first-order chi connectivity index (χ1) is 13.7. The molecule has 4 rings (SSSR count). The molecule has 0 unspecified atom stereocenters. The van der Waals surface area contributed by atoms with Crippen LogP contribution in [0, 0.1) is 0 Å². The molecule has 0 amide bonds. The maximum atomic E-state index is 5.31. The second-order valence-corrected chi connectivity index (χ2v) is 7.09. The lowest BCUT2D eigenvalue weighted by atomic mass is 10.1. The molecule has 1 aliphatic rings. The third kappa shape index (κ3) is 4.17. The Morgan fingerprint density at radius 1 is 1.14 bits per heavy atom. The lowest BCUT2D eigenvalue weighted by Gasteiger charge is -2.26. The van der Waals surface area contributed by atoms with Crippen molar-refractivity contribution in [2.45, 2.75) is 19.3 Å². The number of likely N-dealkylation sites (tertiary alicyclic amines) is 1. The molecule has 8 nitrogen and oxygen atoms in total. The number of aromatic nitrogens is 4. The molecule has 2 aromatic heterocycles. The van der Waals surface area contributed by atoms with Gasteiger partial charge in [0.1, 0.15) is 11.6 Å². The molecular formula is C20H27N7O. The van der Waals surface area contributed by atoms with Gasteiger partial charge in [-0.1, -0.05) is 12.5 Å². The standard InChI is InChI=1S/C20H27N7O/c1-26-19-17(14-22-26)18(23-15-7-6-8-16(13-15)28-2)24-20(25-19)21-9-12-27-10-4-3-5-11-27/h6-8,13-14H,3-5,9-12H2,1-2H3,(H2,21,23,24,25). The van der Waals surface area contributed by atoms with Crippen LogP contribution in [-0.4, -0.2) is 57.9 Å². The zero-order valence-corrected chi connectivity index (χ0v) is 16.5. The van der Waals surface area contributed by atoms with E-state index in [1.807, 2.05) is 31.3 Å². The van der Waals surface area contributed by atoms with Crippen molar-refractivity contribution in [1.82, 2.24) is 24.6 Å². The van der Waals surface area contributed by atoms with Crippen LogP contribution < -0.4 is 15.4 Å². The first kappa shape index (κ1) is 18.5. The molecular weight excluding hydrogens is 354 g/mol. The summed E-state index contributed by atoms with van der Waals surface area (Å²) in [6, 6.07) is 7.78. The van der Waals surface area contributed by atoms with Crippen LogP contribution in [-0.2, 0) is 7.05 Å². The Kier molecular flexibility index (Phi) is 5.57. The molecule has 0 bridgehead atoms. The maximum absolute atomic E-state index is 5.31. The van der Waals surface area contributed by atoms with E-state index in [9.17, 15) is 0 Å². The lowest BCUT2D eigenvalue weighted by molar-refractivity contribution is 0.237. The molecule has 3 heterocycles. The highest BCUT2D eigenvalue weighted by Gasteiger charge is 2.13. The third-order valence-corrected chi connectivity index (χ3v) is 5.08. The predicted octanol–water partition coefficient (Wildman–Crippen LogP) is 3.01. The van der Waals surface area contributed by atoms with Crippen molar-refractivity contribution in [3.05, 3.63) is 30.5 Å². The quantitative estimate of drug-likeness (QED) is 0.651. The highest BCUT2D eigenvalue weighted by molar-refractivity contribution is 5.89. The van der Waals surface area contributed by atoms with Crippen LogP contribution in [0.25, 0.3) is 11.0 Å². The van der Waals surface area contributed by atoms with E-state index in [-0.39, 0.29) is 0 Å². The van der Waals surface area contributed by atoms with Crippen molar-refractivity contribution in [3.8, 4) is 5.75 Å². The molecule has 28 heavy (non-hydrogen) atoms. The molecule has 0 saturated carbocycles. The van der Waals surface area contributed by atoms with Crippen LogP contribution in [0.15, 0.2) is 30.5 Å². The number of benzene rings is 1. The molecule has 0 spiro atoms. The molecule has 3 aromatic rings. The Morgan fingerprint density at radius 2 is 2.00 bits per heavy atom. The molecule has 1 saturated heterocycles. The number of nitrogens with zero attached hydrogens (tertiary/aromatic N) is 5. The molecule has 1 aromatic carbocycles. The van der Waals surface area contributed by atoms with Gasteiger partial charge in [0.25, 0.3) is 0 Å². The average molecular weight is 381 g/mol. The Balaban J connectivity index is 1.53. The number of anilines is 3. The van der Waals surface area contributed by atoms with Gasteiger partial charge in [0, 0.05) is 31.9 Å². The number of hydrogen-bond donors (Lipinski definition) is 2. The molecule has 0 atom stereocenters. The fraction of sp³-hybridized carbons (Fsp3) is 0.450. The summed E-state index contributed by atoms with van der Waals surface area (Å²) in [6.45, 7) is 4.20. The van der Waals surface area contributed by atoms with Crippen molar-refractivity contribution in [2.75, 3.05) is 43.9 Å². The van der Waals surface area contributed by atoms with Crippen LogP contribution in [0.2, 0.25) is 0 Å². The highest BCUT2D eigenvalue weighted by atomic mass is 16.5. The second-order valence-electron chi connectivity index (χ2n) is 7.09. The van der Waals surface area contributed by atoms with E-state index in [1.54, 1.807) is 18.0 Å². The molecule has 0 radical (unpaired) electrons. The first-order valence-corrected chi connectivity index (χ1v) is 9.80. The van der Waals surface area contributed by atoms with E-state index in [1.165, 1.54) is 32.4 Å². The number of rotatable bonds is 7. The van der Waals surface area contributed by atoms with Crippen LogP contribution in [0.5, 0.6) is 5.75 Å². The fourth-order valence-electron chi connectivity index (χ4n) is 3.54. The molecule has 0 aliphatic carbocycles. The van der Waals surface area contributed by atoms with Gasteiger partial charge < -0.3 is 20.3 Å². The Bertz CT molecular complexity index is 933. The first-order valence-electron chi connectivity index (χ1n) is 9.80. The number of nitrogens with one attached hydrogen (secondary N) is 2. The summed E-state index contributed by atoms with van der Waals surface area (Å²) >= 11 is 0. The smallest absolute Gasteiger partial charge is 0.226 e. The summed E-state index contributed by atoms with van der Waals surface area (Å²) in [5, 5.41) is 12.0. The van der Waals surface area contributed by atoms with E-state index in [0.717, 1.165) is 41.4 Å². The fourth-order valence-corrected chi connectivity index (χ4v) is 3.54. The van der Waals surface area contributed by atoms with Crippen molar-refractivity contribution in [1.29, 1.82) is 0 Å². The Labute approximate surface area is 164 Å². The van der Waals surface area contributed by atoms with E-state index in [4.69, 9.17) is 9.72 Å². The van der Waals surface area contributed by atoms with Crippen LogP contribution in [0.4, 0.5) is 17.5 Å². The van der Waals surface area contributed by atoms with Gasteiger partial charge in [-0.15, -0.1) is 0 Å². The van der Waals surface area contributed by atoms with Crippen LogP contribution in [0.1, 0.15) is 19.3 Å². The topological polar surface area (TPSA) is 80.1 Å². The summed E-state index contributed by atoms with van der Waals surface area (Å²) in [4.78, 5) is 11.8. The summed E-state index contributed by atoms with van der Waals surface area (Å²) < 4.78 is 7.08. The number of hydrogen-bond acceptors (Lipinski definition) is 7. The number of piperidine rings is 1. The zero-order valence-electron chi connectivity index (χ0n) is 16.5. The zero-order chi connectivity index (χ0) is 19.3. The minimum Gasteiger partial charge on any atom is -0.497 e. The van der Waals surface area contributed by atoms with Crippen molar-refractivity contribution >= 4 is 28.5 Å². The molecule has 1 aliphatic heterocycles. The molecule has 8 heteroatoms. The maximum Gasteiger partial charge on any atom is 0.226 e. The Hall–Kier alpha value is -2.87. The normalized spacial score (nSPS) is 14.9. The van der Waals surface area contributed by atoms with Gasteiger partial charge in [0.05, 0.1) is 18.7 Å². The third-order valence-electron chi connectivity index (χ3n) is 5.08. The van der Waals surface area contributed by atoms with Crippen molar-refractivity contribution < 1.29 is 4.74 Å². The number of fused-ring (bicyclic) bond motifs is 1. The minimum atomic E-state index is 0.610. The number of methoxy groups -OCH3 is 1. The SMILES string of the molecule is COc1cccc(Nc2nc(NCCN3CCCCC3)nc3c2cnn3C)c1. The van der Waals surface area contributed by atoms with Crippen molar-refractivity contribution in [3.63, 3.8) is 0 Å². The van der Waals surface area contributed by atoms with E-state index in [0.29, 0.717) is 5.95 Å². The molecule has 2 N–H and O–H groups in total. The van der Waals surface area contributed by atoms with E-state index >= 15 is 0 Å². The Morgan fingerprint density at radius 3 is 2.82 bits per heavy atom. The van der Waals surface area contributed by atoms with E-state index < -0.39 is 0 Å². The average Bonchev–Trinajstić information content (AvgIpc) is 3.10. The van der Waals surface area contributed by atoms with Gasteiger partial charge in [-0.25, -0.2) is 0 Å². The van der Waals surface area contributed by atoms with E-state index in [2.05, 4.69) is 25.6 Å². The molecule has 148 valence electrons. The summed E-state index contributed by atoms with van der Waals surface area (Å²) in [5.41, 5.74) is 1.70. The van der Waals surface area contributed by atoms with Crippen molar-refractivity contribution in [2.24, 2.45) is 7.05 Å². The predicted molar refractivity (Wildman–Crippen MR) is 111 cm³/mol. The highest BCUT2D eigenvalue weighted by Crippen LogP contribution is 2.26. The van der Waals surface area contributed by atoms with Crippen LogP contribution >= 0.6 is 0 Å². The summed E-state index contributed by atoms with van der Waals surface area (Å²) in [7, 11) is 3.55. The molecule has 1 fully saturated rings. The summed E-state index contributed by atoms with van der Waals surface area (Å²) in [6.07, 6.45) is 5.73. The van der Waals surface area contributed by atoms with Crippen LogP contribution in [0.3, 0.4) is 0 Å². The second kappa shape index (κ2) is 8.43. The van der Waals surface area contributed by atoms with Gasteiger partial charge in [-0.3, -0.25) is 4.68 Å².